The van der Waals surface area contributed by atoms with Crippen molar-refractivity contribution in [3.63, 3.8) is 0 Å². The lowest BCUT2D eigenvalue weighted by Gasteiger charge is -2.11. The van der Waals surface area contributed by atoms with Crippen LogP contribution in [-0.4, -0.2) is 13.2 Å². The van der Waals surface area contributed by atoms with Gasteiger partial charge in [0.2, 0.25) is 0 Å². The highest BCUT2D eigenvalue weighted by atomic mass is 16.5. The second kappa shape index (κ2) is 5.96. The number of nitrogens with two attached hydrogens (primary N) is 1. The van der Waals surface area contributed by atoms with E-state index in [2.05, 4.69) is 5.32 Å². The molecule has 0 heterocycles. The van der Waals surface area contributed by atoms with Crippen molar-refractivity contribution in [2.75, 3.05) is 24.2 Å². The number of para-hydroxylation sites is 1. The van der Waals surface area contributed by atoms with Gasteiger partial charge in [0.15, 0.2) is 0 Å². The van der Waals surface area contributed by atoms with Crippen LogP contribution < -0.4 is 15.8 Å². The Kier molecular flexibility index (Phi) is 4.07. The molecular formula is C15H18N2O. The fourth-order valence-electron chi connectivity index (χ4n) is 1.72. The van der Waals surface area contributed by atoms with E-state index < -0.39 is 0 Å². The smallest absolute Gasteiger partial charge is 0.119 e. The molecule has 18 heavy (non-hydrogen) atoms. The Morgan fingerprint density at radius 1 is 1.06 bits per heavy atom. The van der Waals surface area contributed by atoms with E-state index in [4.69, 9.17) is 10.5 Å². The average molecular weight is 242 g/mol. The summed E-state index contributed by atoms with van der Waals surface area (Å²) in [5.41, 5.74) is 8.80. The second-order valence-electron chi connectivity index (χ2n) is 4.11. The van der Waals surface area contributed by atoms with Crippen LogP contribution in [0.4, 0.5) is 11.4 Å². The van der Waals surface area contributed by atoms with Gasteiger partial charge in [0.05, 0.1) is 0 Å². The van der Waals surface area contributed by atoms with Crippen LogP contribution in [0.2, 0.25) is 0 Å². The monoisotopic (exact) mass is 242 g/mol. The fourth-order valence-corrected chi connectivity index (χ4v) is 1.72. The van der Waals surface area contributed by atoms with Gasteiger partial charge in [-0.05, 0) is 36.8 Å². The molecule has 3 N–H and O–H groups in total. The van der Waals surface area contributed by atoms with Crippen molar-refractivity contribution in [1.29, 1.82) is 0 Å². The Hall–Kier alpha value is -2.16. The first kappa shape index (κ1) is 12.3. The minimum Gasteiger partial charge on any atom is -0.492 e. The van der Waals surface area contributed by atoms with Gasteiger partial charge < -0.3 is 15.8 Å². The zero-order valence-corrected chi connectivity index (χ0v) is 10.5. The molecule has 0 aliphatic carbocycles. The molecule has 0 unspecified atom stereocenters. The quantitative estimate of drug-likeness (QED) is 0.625. The topological polar surface area (TPSA) is 47.3 Å². The Balaban J connectivity index is 1.81. The SMILES string of the molecule is Cc1c(N)cccc1NCCOc1ccccc1. The zero-order valence-electron chi connectivity index (χ0n) is 10.5. The number of ether oxygens (including phenoxy) is 1. The Morgan fingerprint density at radius 2 is 1.83 bits per heavy atom. The summed E-state index contributed by atoms with van der Waals surface area (Å²) in [7, 11) is 0. The number of benzene rings is 2. The van der Waals surface area contributed by atoms with E-state index in [0.717, 1.165) is 29.2 Å². The Labute approximate surface area is 108 Å². The van der Waals surface area contributed by atoms with Crippen LogP contribution in [0.15, 0.2) is 48.5 Å². The van der Waals surface area contributed by atoms with E-state index in [0.29, 0.717) is 6.61 Å². The van der Waals surface area contributed by atoms with Crippen molar-refractivity contribution < 1.29 is 4.74 Å². The number of hydrogen-bond acceptors (Lipinski definition) is 3. The lowest BCUT2D eigenvalue weighted by atomic mass is 10.1. The number of hydrogen-bond donors (Lipinski definition) is 2. The van der Waals surface area contributed by atoms with E-state index in [9.17, 15) is 0 Å². The molecule has 2 rings (SSSR count). The highest BCUT2D eigenvalue weighted by Gasteiger charge is 2.00. The van der Waals surface area contributed by atoms with Gasteiger partial charge in [-0.3, -0.25) is 0 Å². The summed E-state index contributed by atoms with van der Waals surface area (Å²) in [6.07, 6.45) is 0. The first-order valence-corrected chi connectivity index (χ1v) is 6.04. The fraction of sp³-hybridized carbons (Fsp3) is 0.200. The third kappa shape index (κ3) is 3.17. The average Bonchev–Trinajstić information content (AvgIpc) is 2.40. The van der Waals surface area contributed by atoms with Gasteiger partial charge in [-0.15, -0.1) is 0 Å². The molecule has 0 radical (unpaired) electrons. The van der Waals surface area contributed by atoms with Crippen molar-refractivity contribution in [2.24, 2.45) is 0 Å². The van der Waals surface area contributed by atoms with Gasteiger partial charge in [-0.1, -0.05) is 24.3 Å². The van der Waals surface area contributed by atoms with E-state index in [-0.39, 0.29) is 0 Å². The molecule has 2 aromatic carbocycles. The Bertz CT molecular complexity index is 497. The largest absolute Gasteiger partial charge is 0.492 e. The molecule has 0 aliphatic rings. The normalized spacial score (nSPS) is 10.1. The van der Waals surface area contributed by atoms with Gasteiger partial charge in [-0.25, -0.2) is 0 Å². The summed E-state index contributed by atoms with van der Waals surface area (Å²) in [4.78, 5) is 0. The number of nitrogens with one attached hydrogen (secondary N) is 1. The lowest BCUT2D eigenvalue weighted by Crippen LogP contribution is -2.12. The molecule has 2 aromatic rings. The summed E-state index contributed by atoms with van der Waals surface area (Å²) in [6.45, 7) is 3.38. The molecule has 0 aliphatic heterocycles. The first-order valence-electron chi connectivity index (χ1n) is 6.04. The zero-order chi connectivity index (χ0) is 12.8. The molecule has 0 spiro atoms. The van der Waals surface area contributed by atoms with E-state index >= 15 is 0 Å². The Morgan fingerprint density at radius 3 is 2.61 bits per heavy atom. The number of rotatable bonds is 5. The van der Waals surface area contributed by atoms with E-state index in [1.807, 2.05) is 55.5 Å². The molecule has 0 bridgehead atoms. The molecule has 94 valence electrons. The van der Waals surface area contributed by atoms with Crippen LogP contribution in [0.3, 0.4) is 0 Å². The standard InChI is InChI=1S/C15H18N2O/c1-12-14(16)8-5-9-15(12)17-10-11-18-13-6-3-2-4-7-13/h2-9,17H,10-11,16H2,1H3. The van der Waals surface area contributed by atoms with Crippen molar-refractivity contribution in [3.05, 3.63) is 54.1 Å². The van der Waals surface area contributed by atoms with Crippen LogP contribution in [0.25, 0.3) is 0 Å². The van der Waals surface area contributed by atoms with Crippen molar-refractivity contribution >= 4 is 11.4 Å². The molecular weight excluding hydrogens is 224 g/mol. The lowest BCUT2D eigenvalue weighted by molar-refractivity contribution is 0.333. The van der Waals surface area contributed by atoms with Crippen LogP contribution in [-0.2, 0) is 0 Å². The predicted octanol–water partition coefficient (Wildman–Crippen LogP) is 3.07. The molecule has 0 atom stereocenters. The number of anilines is 2. The molecule has 0 saturated heterocycles. The molecule has 3 heteroatoms. The van der Waals surface area contributed by atoms with Crippen molar-refractivity contribution in [2.45, 2.75) is 6.92 Å². The summed E-state index contributed by atoms with van der Waals surface area (Å²) in [6, 6.07) is 15.7. The summed E-state index contributed by atoms with van der Waals surface area (Å²) in [5.74, 6) is 0.892. The minimum absolute atomic E-state index is 0.623. The molecule has 0 aromatic heterocycles. The first-order chi connectivity index (χ1) is 8.77. The molecule has 0 fully saturated rings. The minimum atomic E-state index is 0.623. The maximum absolute atomic E-state index is 5.84. The maximum atomic E-state index is 5.84. The highest BCUT2D eigenvalue weighted by molar-refractivity contribution is 5.62. The van der Waals surface area contributed by atoms with Crippen molar-refractivity contribution in [3.8, 4) is 5.75 Å². The third-order valence-electron chi connectivity index (χ3n) is 2.81. The van der Waals surface area contributed by atoms with E-state index in [1.165, 1.54) is 0 Å². The van der Waals surface area contributed by atoms with Gasteiger partial charge in [-0.2, -0.15) is 0 Å². The summed E-state index contributed by atoms with van der Waals surface area (Å²) >= 11 is 0. The van der Waals surface area contributed by atoms with Crippen LogP contribution in [0, 0.1) is 6.92 Å². The van der Waals surface area contributed by atoms with Crippen LogP contribution in [0.5, 0.6) is 5.75 Å². The maximum Gasteiger partial charge on any atom is 0.119 e. The molecule has 0 amide bonds. The van der Waals surface area contributed by atoms with Crippen molar-refractivity contribution in [1.82, 2.24) is 0 Å². The molecule has 0 saturated carbocycles. The van der Waals surface area contributed by atoms with Gasteiger partial charge in [0.1, 0.15) is 12.4 Å². The van der Waals surface area contributed by atoms with Gasteiger partial charge in [0, 0.05) is 17.9 Å². The van der Waals surface area contributed by atoms with Crippen LogP contribution in [0.1, 0.15) is 5.56 Å². The summed E-state index contributed by atoms with van der Waals surface area (Å²) in [5, 5.41) is 3.32. The van der Waals surface area contributed by atoms with Crippen LogP contribution >= 0.6 is 0 Å². The second-order valence-corrected chi connectivity index (χ2v) is 4.11. The van der Waals surface area contributed by atoms with Gasteiger partial charge in [0.25, 0.3) is 0 Å². The van der Waals surface area contributed by atoms with E-state index in [1.54, 1.807) is 0 Å². The predicted molar refractivity (Wildman–Crippen MR) is 76.0 cm³/mol. The molecule has 3 nitrogen and oxygen atoms in total. The third-order valence-corrected chi connectivity index (χ3v) is 2.81. The number of nitrogen functional groups attached to an aromatic ring is 1. The summed E-state index contributed by atoms with van der Waals surface area (Å²) < 4.78 is 5.60. The highest BCUT2D eigenvalue weighted by Crippen LogP contribution is 2.20. The van der Waals surface area contributed by atoms with Gasteiger partial charge >= 0.3 is 0 Å².